The molecule has 2 amide bonds. The minimum absolute atomic E-state index is 0.0486. The van der Waals surface area contributed by atoms with Crippen LogP contribution in [0.4, 0.5) is 20.2 Å². The van der Waals surface area contributed by atoms with Crippen LogP contribution in [0.15, 0.2) is 83.9 Å². The molecule has 5 rings (SSSR count). The van der Waals surface area contributed by atoms with Crippen molar-refractivity contribution in [2.45, 2.75) is 0 Å². The molecule has 0 atom stereocenters. The molecule has 3 aromatic carbocycles. The van der Waals surface area contributed by atoms with Crippen LogP contribution in [-0.2, 0) is 9.59 Å². The van der Waals surface area contributed by atoms with Gasteiger partial charge in [-0.25, -0.2) is 13.7 Å². The Morgan fingerprint density at radius 3 is 2.42 bits per heavy atom. The van der Waals surface area contributed by atoms with Crippen LogP contribution in [0.5, 0.6) is 0 Å². The van der Waals surface area contributed by atoms with Gasteiger partial charge in [0.25, 0.3) is 11.8 Å². The van der Waals surface area contributed by atoms with Crippen molar-refractivity contribution in [1.82, 2.24) is 0 Å². The zero-order valence-electron chi connectivity index (χ0n) is 15.9. The van der Waals surface area contributed by atoms with E-state index in [4.69, 9.17) is 0 Å². The fourth-order valence-corrected chi connectivity index (χ4v) is 4.41. The highest BCUT2D eigenvalue weighted by Crippen LogP contribution is 2.37. The number of halogens is 2. The lowest BCUT2D eigenvalue weighted by Crippen LogP contribution is -2.33. The predicted molar refractivity (Wildman–Crippen MR) is 118 cm³/mol. The normalized spacial score (nSPS) is 14.1. The van der Waals surface area contributed by atoms with Crippen molar-refractivity contribution in [3.63, 3.8) is 0 Å². The van der Waals surface area contributed by atoms with Gasteiger partial charge in [0.15, 0.2) is 0 Å². The summed E-state index contributed by atoms with van der Waals surface area (Å²) in [6.07, 6.45) is 0. The number of imide groups is 1. The average molecular weight is 432 g/mol. The van der Waals surface area contributed by atoms with Gasteiger partial charge in [0, 0.05) is 22.0 Å². The van der Waals surface area contributed by atoms with Crippen LogP contribution in [0.1, 0.15) is 4.88 Å². The summed E-state index contributed by atoms with van der Waals surface area (Å²) in [5, 5.41) is 6.73. The van der Waals surface area contributed by atoms with Crippen LogP contribution in [-0.4, -0.2) is 11.8 Å². The summed E-state index contributed by atoms with van der Waals surface area (Å²) in [4.78, 5) is 27.9. The number of carbonyl (C=O) groups is 2. The maximum atomic E-state index is 14.5. The van der Waals surface area contributed by atoms with Gasteiger partial charge < -0.3 is 5.32 Å². The van der Waals surface area contributed by atoms with E-state index >= 15 is 0 Å². The highest BCUT2D eigenvalue weighted by Gasteiger charge is 2.41. The quantitative estimate of drug-likeness (QED) is 0.429. The molecule has 2 heterocycles. The second-order valence-electron chi connectivity index (χ2n) is 6.92. The molecule has 0 saturated heterocycles. The van der Waals surface area contributed by atoms with E-state index in [1.807, 2.05) is 36.4 Å². The van der Waals surface area contributed by atoms with Gasteiger partial charge in [0.1, 0.15) is 17.3 Å². The first-order valence-electron chi connectivity index (χ1n) is 9.41. The monoisotopic (exact) mass is 432 g/mol. The lowest BCUT2D eigenvalue weighted by atomic mass is 10.1. The molecule has 1 N–H and O–H groups in total. The fraction of sp³-hybridized carbons (Fsp3) is 0. The highest BCUT2D eigenvalue weighted by molar-refractivity contribution is 7.11. The van der Waals surface area contributed by atoms with E-state index in [9.17, 15) is 18.4 Å². The zero-order chi connectivity index (χ0) is 21.5. The first-order valence-corrected chi connectivity index (χ1v) is 10.3. The summed E-state index contributed by atoms with van der Waals surface area (Å²) in [5.74, 6) is -3.15. The molecule has 0 unspecified atom stereocenters. The summed E-state index contributed by atoms with van der Waals surface area (Å²) >= 11 is 1.30. The summed E-state index contributed by atoms with van der Waals surface area (Å²) in [6.45, 7) is 0. The van der Waals surface area contributed by atoms with Crippen LogP contribution in [0, 0.1) is 11.6 Å². The third-order valence-corrected chi connectivity index (χ3v) is 5.94. The number of hydrogen-bond donors (Lipinski definition) is 1. The van der Waals surface area contributed by atoms with Crippen molar-refractivity contribution in [2.75, 3.05) is 10.2 Å². The van der Waals surface area contributed by atoms with Crippen LogP contribution < -0.4 is 10.2 Å². The van der Waals surface area contributed by atoms with Gasteiger partial charge in [-0.1, -0.05) is 42.5 Å². The molecule has 31 heavy (non-hydrogen) atoms. The van der Waals surface area contributed by atoms with E-state index in [1.165, 1.54) is 11.3 Å². The summed E-state index contributed by atoms with van der Waals surface area (Å²) in [5.41, 5.74) is 0.550. The fourth-order valence-electron chi connectivity index (χ4n) is 3.65. The van der Waals surface area contributed by atoms with Crippen LogP contribution in [0.25, 0.3) is 16.3 Å². The predicted octanol–water partition coefficient (Wildman–Crippen LogP) is 5.58. The Labute approximate surface area is 180 Å². The van der Waals surface area contributed by atoms with E-state index < -0.39 is 23.4 Å². The van der Waals surface area contributed by atoms with Crippen molar-refractivity contribution in [3.8, 4) is 0 Å². The third-order valence-electron chi connectivity index (χ3n) is 5.05. The third kappa shape index (κ3) is 3.19. The molecule has 1 aliphatic heterocycles. The number of nitrogens with one attached hydrogen (secondary N) is 1. The minimum Gasteiger partial charge on any atom is -0.350 e. The Morgan fingerprint density at radius 1 is 0.839 bits per heavy atom. The van der Waals surface area contributed by atoms with E-state index in [0.29, 0.717) is 16.6 Å². The SMILES string of the molecule is O=C1C(Nc2cccc3ccccc23)=C(c2cccs2)C(=O)N1c1ccc(F)cc1F. The molecule has 0 bridgehead atoms. The number of amides is 2. The summed E-state index contributed by atoms with van der Waals surface area (Å²) in [6, 6.07) is 19.5. The number of fused-ring (bicyclic) bond motifs is 1. The van der Waals surface area contributed by atoms with Crippen molar-refractivity contribution >= 4 is 50.9 Å². The van der Waals surface area contributed by atoms with Gasteiger partial charge in [-0.2, -0.15) is 0 Å². The second kappa shape index (κ2) is 7.45. The van der Waals surface area contributed by atoms with Gasteiger partial charge in [-0.05, 0) is 35.0 Å². The van der Waals surface area contributed by atoms with E-state index in [-0.39, 0.29) is 17.0 Å². The van der Waals surface area contributed by atoms with Crippen LogP contribution in [0.3, 0.4) is 0 Å². The Balaban J connectivity index is 1.65. The maximum absolute atomic E-state index is 14.5. The molecule has 0 aliphatic carbocycles. The molecule has 4 aromatic rings. The molecule has 4 nitrogen and oxygen atoms in total. The van der Waals surface area contributed by atoms with Crippen molar-refractivity contribution < 1.29 is 18.4 Å². The molecule has 0 radical (unpaired) electrons. The molecular formula is C24H14F2N2O2S. The molecule has 7 heteroatoms. The van der Waals surface area contributed by atoms with Gasteiger partial charge in [0.2, 0.25) is 0 Å². The van der Waals surface area contributed by atoms with E-state index in [2.05, 4.69) is 5.32 Å². The smallest absolute Gasteiger partial charge is 0.282 e. The number of hydrogen-bond acceptors (Lipinski definition) is 4. The maximum Gasteiger partial charge on any atom is 0.282 e. The number of anilines is 2. The second-order valence-corrected chi connectivity index (χ2v) is 7.87. The van der Waals surface area contributed by atoms with Gasteiger partial charge in [-0.15, -0.1) is 11.3 Å². The summed E-state index contributed by atoms with van der Waals surface area (Å²) in [7, 11) is 0. The highest BCUT2D eigenvalue weighted by atomic mass is 32.1. The largest absolute Gasteiger partial charge is 0.350 e. The molecule has 0 spiro atoms. The Hall–Kier alpha value is -3.84. The number of rotatable bonds is 4. The average Bonchev–Trinajstić information content (AvgIpc) is 3.36. The molecule has 0 fully saturated rings. The lowest BCUT2D eigenvalue weighted by molar-refractivity contribution is -0.120. The standard InChI is InChI=1S/C24H14F2N2O2S/c25-15-10-11-19(17(26)13-15)28-23(29)21(20-9-4-12-31-20)22(24(28)30)27-18-8-3-6-14-5-1-2-7-16(14)18/h1-13,27H. The number of nitrogens with zero attached hydrogens (tertiary/aromatic N) is 1. The van der Waals surface area contributed by atoms with Gasteiger partial charge >= 0.3 is 0 Å². The van der Waals surface area contributed by atoms with Gasteiger partial charge in [-0.3, -0.25) is 9.59 Å². The van der Waals surface area contributed by atoms with Crippen molar-refractivity contribution in [3.05, 3.63) is 100 Å². The number of thiophene rings is 1. The molecule has 152 valence electrons. The molecule has 1 aliphatic rings. The molecule has 1 aromatic heterocycles. The molecular weight excluding hydrogens is 418 g/mol. The first kappa shape index (κ1) is 19.1. The first-order chi connectivity index (χ1) is 15.0. The van der Waals surface area contributed by atoms with Gasteiger partial charge in [0.05, 0.1) is 11.3 Å². The summed E-state index contributed by atoms with van der Waals surface area (Å²) < 4.78 is 27.9. The Morgan fingerprint density at radius 2 is 1.65 bits per heavy atom. The van der Waals surface area contributed by atoms with E-state index in [1.54, 1.807) is 23.6 Å². The number of benzene rings is 3. The van der Waals surface area contributed by atoms with Crippen LogP contribution in [0.2, 0.25) is 0 Å². The van der Waals surface area contributed by atoms with Crippen molar-refractivity contribution in [2.24, 2.45) is 0 Å². The zero-order valence-corrected chi connectivity index (χ0v) is 16.7. The lowest BCUT2D eigenvalue weighted by Gasteiger charge is -2.16. The van der Waals surface area contributed by atoms with Crippen LogP contribution >= 0.6 is 11.3 Å². The topological polar surface area (TPSA) is 49.4 Å². The molecule has 0 saturated carbocycles. The Bertz CT molecular complexity index is 1370. The minimum atomic E-state index is -0.987. The number of carbonyl (C=O) groups excluding carboxylic acids is 2. The Kier molecular flexibility index (Phi) is 4.60. The van der Waals surface area contributed by atoms with E-state index in [0.717, 1.165) is 27.8 Å². The van der Waals surface area contributed by atoms with Crippen molar-refractivity contribution in [1.29, 1.82) is 0 Å².